The molecule has 148 valence electrons. The number of anilines is 1. The van der Waals surface area contributed by atoms with E-state index in [4.69, 9.17) is 19.5 Å². The van der Waals surface area contributed by atoms with E-state index >= 15 is 0 Å². The molecule has 2 aromatic rings. The highest BCUT2D eigenvalue weighted by Crippen LogP contribution is 2.39. The van der Waals surface area contributed by atoms with Crippen LogP contribution in [0.2, 0.25) is 0 Å². The van der Waals surface area contributed by atoms with Crippen LogP contribution in [-0.4, -0.2) is 29.2 Å². The van der Waals surface area contributed by atoms with Gasteiger partial charge < -0.3 is 10.1 Å². The molecule has 0 radical (unpaired) electrons. The number of ether oxygens (including phenoxy) is 1. The summed E-state index contributed by atoms with van der Waals surface area (Å²) in [5, 5.41) is 3.48. The summed E-state index contributed by atoms with van der Waals surface area (Å²) in [6, 6.07) is 7.85. The topological polar surface area (TPSA) is 74.6 Å². The largest absolute Gasteiger partial charge is 0.384 e. The van der Waals surface area contributed by atoms with Gasteiger partial charge in [0.15, 0.2) is 0 Å². The fourth-order valence-electron chi connectivity index (χ4n) is 3.30. The maximum atomic E-state index is 11.9. The fraction of sp³-hybridized carbons (Fsp3) is 0.500. The minimum Gasteiger partial charge on any atom is -0.384 e. The second kappa shape index (κ2) is 8.54. The van der Waals surface area contributed by atoms with E-state index < -0.39 is 12.2 Å². The molecule has 0 amide bonds. The van der Waals surface area contributed by atoms with E-state index in [0.29, 0.717) is 18.5 Å². The van der Waals surface area contributed by atoms with E-state index in [1.165, 1.54) is 0 Å². The number of nitrogens with zero attached hydrogens (tertiary/aromatic N) is 2. The number of benzene rings is 1. The normalized spacial score (nSPS) is 17.6. The van der Waals surface area contributed by atoms with Gasteiger partial charge in [-0.1, -0.05) is 32.9 Å². The van der Waals surface area contributed by atoms with Gasteiger partial charge in [0.25, 0.3) is 0 Å². The van der Waals surface area contributed by atoms with Gasteiger partial charge in [0, 0.05) is 19.8 Å². The molecule has 0 bridgehead atoms. The minimum absolute atomic E-state index is 0. The maximum absolute atomic E-state index is 11.9. The number of rotatable bonds is 8. The van der Waals surface area contributed by atoms with E-state index in [0.717, 1.165) is 35.1 Å². The van der Waals surface area contributed by atoms with Crippen LogP contribution in [0.5, 0.6) is 0 Å². The molecule has 0 spiro atoms. The molecule has 1 aromatic heterocycles. The number of carbonyl (C=O) groups excluding carboxylic acids is 1. The van der Waals surface area contributed by atoms with Crippen molar-refractivity contribution in [2.75, 3.05) is 19.0 Å². The molecule has 0 saturated carbocycles. The summed E-state index contributed by atoms with van der Waals surface area (Å²) in [4.78, 5) is 27.4. The molecule has 1 aliphatic rings. The van der Waals surface area contributed by atoms with E-state index in [2.05, 4.69) is 26.1 Å². The van der Waals surface area contributed by atoms with Gasteiger partial charge in [0.05, 0.1) is 24.1 Å². The number of allylic oxidation sites excluding steroid dienone is 1. The van der Waals surface area contributed by atoms with Gasteiger partial charge in [-0.15, -0.1) is 0 Å². The van der Waals surface area contributed by atoms with Crippen molar-refractivity contribution < 1.29 is 20.7 Å². The third kappa shape index (κ3) is 3.84. The van der Waals surface area contributed by atoms with Gasteiger partial charge in [-0.3, -0.25) is 9.45 Å². The van der Waals surface area contributed by atoms with Crippen LogP contribution in [0.25, 0.3) is 11.0 Å². The Morgan fingerprint density at radius 2 is 2.15 bits per heavy atom. The lowest BCUT2D eigenvalue weighted by atomic mass is 9.96. The van der Waals surface area contributed by atoms with E-state index in [1.54, 1.807) is 7.11 Å². The SMILES string of the molecule is CCC1=C(C(C)CC)Nc2nc3ccccc3n2C1OOC(=O)CCOC.[HH]. The smallest absolute Gasteiger partial charge is 0.344 e. The van der Waals surface area contributed by atoms with Crippen molar-refractivity contribution in [2.45, 2.75) is 46.3 Å². The number of aromatic nitrogens is 2. The lowest BCUT2D eigenvalue weighted by Crippen LogP contribution is -2.29. The first-order valence-electron chi connectivity index (χ1n) is 9.42. The van der Waals surface area contributed by atoms with Crippen LogP contribution in [0.3, 0.4) is 0 Å². The van der Waals surface area contributed by atoms with Gasteiger partial charge in [-0.25, -0.2) is 9.78 Å². The van der Waals surface area contributed by atoms with Crippen molar-refractivity contribution in [1.82, 2.24) is 9.55 Å². The van der Waals surface area contributed by atoms with Crippen LogP contribution in [0.4, 0.5) is 5.95 Å². The Morgan fingerprint density at radius 3 is 2.85 bits per heavy atom. The Kier molecular flexibility index (Phi) is 6.13. The Labute approximate surface area is 160 Å². The Morgan fingerprint density at radius 1 is 1.37 bits per heavy atom. The summed E-state index contributed by atoms with van der Waals surface area (Å²) in [6.07, 6.45) is 1.34. The van der Waals surface area contributed by atoms with Crippen molar-refractivity contribution in [1.29, 1.82) is 0 Å². The molecule has 2 unspecified atom stereocenters. The molecule has 1 aromatic carbocycles. The summed E-state index contributed by atoms with van der Waals surface area (Å²) in [6.45, 7) is 6.68. The van der Waals surface area contributed by atoms with Crippen molar-refractivity contribution in [2.24, 2.45) is 5.92 Å². The van der Waals surface area contributed by atoms with Gasteiger partial charge in [-0.2, -0.15) is 4.89 Å². The molecule has 7 nitrogen and oxygen atoms in total. The molecule has 27 heavy (non-hydrogen) atoms. The highest BCUT2D eigenvalue weighted by molar-refractivity contribution is 5.80. The molecule has 7 heteroatoms. The number of imidazole rings is 1. The van der Waals surface area contributed by atoms with Crippen molar-refractivity contribution in [3.05, 3.63) is 35.5 Å². The monoisotopic (exact) mass is 375 g/mol. The summed E-state index contributed by atoms with van der Waals surface area (Å²) in [5.74, 6) is 0.548. The lowest BCUT2D eigenvalue weighted by Gasteiger charge is -2.32. The molecule has 0 fully saturated rings. The van der Waals surface area contributed by atoms with E-state index in [1.807, 2.05) is 28.8 Å². The molecule has 0 saturated heterocycles. The Hall–Kier alpha value is -2.38. The van der Waals surface area contributed by atoms with Crippen molar-refractivity contribution in [3.63, 3.8) is 0 Å². The summed E-state index contributed by atoms with van der Waals surface area (Å²) in [5.41, 5.74) is 3.92. The number of fused-ring (bicyclic) bond motifs is 3. The maximum Gasteiger partial charge on any atom is 0.344 e. The van der Waals surface area contributed by atoms with E-state index in [-0.39, 0.29) is 7.85 Å². The predicted octanol–water partition coefficient (Wildman–Crippen LogP) is 4.43. The Balaban J connectivity index is 0.00000280. The van der Waals surface area contributed by atoms with Crippen LogP contribution < -0.4 is 5.32 Å². The zero-order chi connectivity index (χ0) is 19.4. The van der Waals surface area contributed by atoms with Gasteiger partial charge in [-0.05, 0) is 30.9 Å². The molecular formula is C20H29N3O4. The molecule has 0 aliphatic carbocycles. The highest BCUT2D eigenvalue weighted by Gasteiger charge is 2.33. The summed E-state index contributed by atoms with van der Waals surface area (Å²) in [7, 11) is 1.54. The third-order valence-corrected chi connectivity index (χ3v) is 4.95. The molecular weight excluding hydrogens is 346 g/mol. The number of hydrogen-bond acceptors (Lipinski definition) is 6. The summed E-state index contributed by atoms with van der Waals surface area (Å²) < 4.78 is 6.87. The highest BCUT2D eigenvalue weighted by atomic mass is 17.2. The molecule has 1 aliphatic heterocycles. The van der Waals surface area contributed by atoms with Crippen molar-refractivity contribution in [3.8, 4) is 0 Å². The molecule has 2 atom stereocenters. The average Bonchev–Trinajstić information content (AvgIpc) is 3.07. The number of hydrogen-bond donors (Lipinski definition) is 1. The second-order valence-corrected chi connectivity index (χ2v) is 6.67. The average molecular weight is 375 g/mol. The third-order valence-electron chi connectivity index (χ3n) is 4.95. The standard InChI is InChI=1S/C20H27N3O4.H2/c1-5-13(3)18-14(6-2)19(27-26-17(24)11-12-25-4)23-16-10-8-7-9-15(16)21-20(23)22-18;/h7-10,13,19H,5-6,11-12H2,1-4H3,(H,21,22);1H. The zero-order valence-corrected chi connectivity index (χ0v) is 16.3. The van der Waals surface area contributed by atoms with Crippen LogP contribution in [0, 0.1) is 5.92 Å². The number of carbonyl (C=O) groups is 1. The van der Waals surface area contributed by atoms with Crippen LogP contribution in [0.1, 0.15) is 47.7 Å². The van der Waals surface area contributed by atoms with Crippen molar-refractivity contribution >= 4 is 23.0 Å². The van der Waals surface area contributed by atoms with Crippen LogP contribution in [-0.2, 0) is 19.3 Å². The number of nitrogens with one attached hydrogen (secondary N) is 1. The first-order chi connectivity index (χ1) is 13.1. The van der Waals surface area contributed by atoms with E-state index in [9.17, 15) is 4.79 Å². The number of methoxy groups -OCH3 is 1. The number of para-hydroxylation sites is 2. The quantitative estimate of drug-likeness (QED) is 0.543. The van der Waals surface area contributed by atoms with Gasteiger partial charge >= 0.3 is 5.97 Å². The first-order valence-corrected chi connectivity index (χ1v) is 9.42. The zero-order valence-electron chi connectivity index (χ0n) is 16.3. The molecule has 3 rings (SSSR count). The van der Waals surface area contributed by atoms with Crippen LogP contribution >= 0.6 is 0 Å². The fourth-order valence-corrected chi connectivity index (χ4v) is 3.30. The summed E-state index contributed by atoms with van der Waals surface area (Å²) >= 11 is 0. The van der Waals surface area contributed by atoms with Crippen LogP contribution in [0.15, 0.2) is 35.5 Å². The minimum atomic E-state index is -0.547. The van der Waals surface area contributed by atoms with Gasteiger partial charge in [0.2, 0.25) is 12.2 Å². The Bertz CT molecular complexity index is 849. The molecule has 1 N–H and O–H groups in total. The predicted molar refractivity (Wildman–Crippen MR) is 105 cm³/mol. The lowest BCUT2D eigenvalue weighted by molar-refractivity contribution is -0.307. The second-order valence-electron chi connectivity index (χ2n) is 6.67. The van der Waals surface area contributed by atoms with Gasteiger partial charge in [0.1, 0.15) is 0 Å². The first kappa shape index (κ1) is 19.4. The molecule has 2 heterocycles.